The summed E-state index contributed by atoms with van der Waals surface area (Å²) in [6.07, 6.45) is 6.65. The first-order valence-electron chi connectivity index (χ1n) is 8.28. The van der Waals surface area contributed by atoms with Gasteiger partial charge in [0.25, 0.3) is 0 Å². The van der Waals surface area contributed by atoms with Gasteiger partial charge in [0.1, 0.15) is 12.4 Å². The van der Waals surface area contributed by atoms with Gasteiger partial charge in [-0.3, -0.25) is 0 Å². The molecule has 3 aromatic rings. The molecule has 0 aliphatic rings. The Hall–Kier alpha value is -1.97. The van der Waals surface area contributed by atoms with E-state index in [9.17, 15) is 0 Å². The van der Waals surface area contributed by atoms with Crippen molar-refractivity contribution >= 4 is 23.2 Å². The standard InChI is InChI=1S/C20H20Cl2N2O/c1-2-15(12-24-10-9-23-14-24)18-5-3-4-6-20(18)25-13-16-7-8-17(21)11-19(16)22/h3-11,14-15H,2,12-13H2,1H3. The van der Waals surface area contributed by atoms with Crippen LogP contribution in [0.4, 0.5) is 0 Å². The summed E-state index contributed by atoms with van der Waals surface area (Å²) in [5.74, 6) is 1.24. The Morgan fingerprint density at radius 3 is 2.72 bits per heavy atom. The summed E-state index contributed by atoms with van der Waals surface area (Å²) >= 11 is 12.2. The van der Waals surface area contributed by atoms with Crippen LogP contribution in [-0.2, 0) is 13.2 Å². The van der Waals surface area contributed by atoms with E-state index in [0.29, 0.717) is 22.6 Å². The first-order valence-corrected chi connectivity index (χ1v) is 9.04. The van der Waals surface area contributed by atoms with E-state index in [1.807, 2.05) is 42.9 Å². The molecule has 0 radical (unpaired) electrons. The van der Waals surface area contributed by atoms with E-state index in [-0.39, 0.29) is 0 Å². The summed E-state index contributed by atoms with van der Waals surface area (Å²) in [6, 6.07) is 13.6. The third-order valence-corrected chi connectivity index (χ3v) is 4.83. The molecule has 25 heavy (non-hydrogen) atoms. The van der Waals surface area contributed by atoms with Crippen LogP contribution in [0.1, 0.15) is 30.4 Å². The molecule has 0 bridgehead atoms. The van der Waals surface area contributed by atoms with Crippen LogP contribution in [0.5, 0.6) is 5.75 Å². The Balaban J connectivity index is 1.77. The fourth-order valence-corrected chi connectivity index (χ4v) is 3.30. The van der Waals surface area contributed by atoms with E-state index in [2.05, 4.69) is 22.5 Å². The second-order valence-electron chi connectivity index (χ2n) is 5.93. The summed E-state index contributed by atoms with van der Waals surface area (Å²) in [7, 11) is 0. The number of aromatic nitrogens is 2. The maximum absolute atomic E-state index is 6.25. The van der Waals surface area contributed by atoms with Gasteiger partial charge in [-0.25, -0.2) is 4.98 Å². The molecule has 1 aromatic heterocycles. The zero-order valence-electron chi connectivity index (χ0n) is 14.0. The van der Waals surface area contributed by atoms with Crippen molar-refractivity contribution in [3.05, 3.63) is 82.4 Å². The number of nitrogens with zero attached hydrogens (tertiary/aromatic N) is 2. The van der Waals surface area contributed by atoms with E-state index in [0.717, 1.165) is 24.3 Å². The number of benzene rings is 2. The van der Waals surface area contributed by atoms with Crippen LogP contribution in [0.15, 0.2) is 61.2 Å². The summed E-state index contributed by atoms with van der Waals surface area (Å²) in [5.41, 5.74) is 2.12. The molecule has 0 fully saturated rings. The van der Waals surface area contributed by atoms with E-state index in [1.54, 1.807) is 12.3 Å². The maximum atomic E-state index is 6.25. The molecule has 2 aromatic carbocycles. The van der Waals surface area contributed by atoms with Gasteiger partial charge in [0.05, 0.1) is 6.33 Å². The highest BCUT2D eigenvalue weighted by Crippen LogP contribution is 2.31. The van der Waals surface area contributed by atoms with Gasteiger partial charge in [0.2, 0.25) is 0 Å². The lowest BCUT2D eigenvalue weighted by molar-refractivity contribution is 0.299. The lowest BCUT2D eigenvalue weighted by Gasteiger charge is -2.20. The minimum atomic E-state index is 0.353. The van der Waals surface area contributed by atoms with E-state index in [4.69, 9.17) is 27.9 Å². The number of halogens is 2. The minimum Gasteiger partial charge on any atom is -0.489 e. The summed E-state index contributed by atoms with van der Waals surface area (Å²) < 4.78 is 8.19. The predicted octanol–water partition coefficient (Wildman–Crippen LogP) is 5.96. The Bertz CT molecular complexity index is 818. The molecule has 1 heterocycles. The molecule has 1 atom stereocenters. The molecule has 3 nitrogen and oxygen atoms in total. The van der Waals surface area contributed by atoms with Gasteiger partial charge in [-0.05, 0) is 30.2 Å². The summed E-state index contributed by atoms with van der Waals surface area (Å²) in [4.78, 5) is 4.12. The molecule has 1 unspecified atom stereocenters. The average molecular weight is 375 g/mol. The van der Waals surface area contributed by atoms with Gasteiger partial charge in [0, 0.05) is 40.5 Å². The van der Waals surface area contributed by atoms with Crippen molar-refractivity contribution in [3.8, 4) is 5.75 Å². The van der Waals surface area contributed by atoms with Gasteiger partial charge >= 0.3 is 0 Å². The van der Waals surface area contributed by atoms with Crippen molar-refractivity contribution in [2.75, 3.05) is 0 Å². The van der Waals surface area contributed by atoms with Crippen LogP contribution < -0.4 is 4.74 Å². The number of hydrogen-bond donors (Lipinski definition) is 0. The largest absolute Gasteiger partial charge is 0.489 e. The van der Waals surface area contributed by atoms with Crippen LogP contribution in [0.2, 0.25) is 10.0 Å². The second kappa shape index (κ2) is 8.41. The molecule has 0 aliphatic heterocycles. The van der Waals surface area contributed by atoms with Crippen molar-refractivity contribution in [1.82, 2.24) is 9.55 Å². The molecule has 0 spiro atoms. The third-order valence-electron chi connectivity index (χ3n) is 4.24. The van der Waals surface area contributed by atoms with E-state index < -0.39 is 0 Å². The molecule has 0 saturated carbocycles. The second-order valence-corrected chi connectivity index (χ2v) is 6.77. The Kier molecular flexibility index (Phi) is 6.00. The Morgan fingerprint density at radius 1 is 1.16 bits per heavy atom. The molecule has 0 aliphatic carbocycles. The average Bonchev–Trinajstić information content (AvgIpc) is 3.12. The third kappa shape index (κ3) is 4.56. The number of hydrogen-bond acceptors (Lipinski definition) is 2. The van der Waals surface area contributed by atoms with Crippen LogP contribution in [0, 0.1) is 0 Å². The molecule has 5 heteroatoms. The van der Waals surface area contributed by atoms with Crippen molar-refractivity contribution in [2.24, 2.45) is 0 Å². The number of rotatable bonds is 7. The lowest BCUT2D eigenvalue weighted by Crippen LogP contribution is -2.09. The zero-order valence-corrected chi connectivity index (χ0v) is 15.5. The van der Waals surface area contributed by atoms with Crippen LogP contribution in [-0.4, -0.2) is 9.55 Å². The quantitative estimate of drug-likeness (QED) is 0.509. The van der Waals surface area contributed by atoms with Crippen molar-refractivity contribution in [3.63, 3.8) is 0 Å². The zero-order chi connectivity index (χ0) is 17.6. The molecule has 0 amide bonds. The smallest absolute Gasteiger partial charge is 0.123 e. The highest BCUT2D eigenvalue weighted by atomic mass is 35.5. The van der Waals surface area contributed by atoms with E-state index >= 15 is 0 Å². The summed E-state index contributed by atoms with van der Waals surface area (Å²) in [5, 5.41) is 1.25. The van der Waals surface area contributed by atoms with Gasteiger partial charge in [-0.15, -0.1) is 0 Å². The molecule has 0 saturated heterocycles. The van der Waals surface area contributed by atoms with Crippen molar-refractivity contribution in [1.29, 1.82) is 0 Å². The fourth-order valence-electron chi connectivity index (χ4n) is 2.84. The van der Waals surface area contributed by atoms with Crippen LogP contribution in [0.3, 0.4) is 0 Å². The monoisotopic (exact) mass is 374 g/mol. The molecular weight excluding hydrogens is 355 g/mol. The van der Waals surface area contributed by atoms with Gasteiger partial charge in [-0.2, -0.15) is 0 Å². The minimum absolute atomic E-state index is 0.353. The molecular formula is C20H20Cl2N2O. The molecule has 0 N–H and O–H groups in total. The molecule has 3 rings (SSSR count). The number of imidazole rings is 1. The number of ether oxygens (including phenoxy) is 1. The van der Waals surface area contributed by atoms with Gasteiger partial charge in [0.15, 0.2) is 0 Å². The maximum Gasteiger partial charge on any atom is 0.123 e. The Labute approximate surface area is 158 Å². The molecule has 130 valence electrons. The Morgan fingerprint density at radius 2 is 2.00 bits per heavy atom. The van der Waals surface area contributed by atoms with Crippen molar-refractivity contribution < 1.29 is 4.74 Å². The SMILES string of the molecule is CCC(Cn1ccnc1)c1ccccc1OCc1ccc(Cl)cc1Cl. The van der Waals surface area contributed by atoms with E-state index in [1.165, 1.54) is 5.56 Å². The summed E-state index contributed by atoms with van der Waals surface area (Å²) in [6.45, 7) is 3.47. The first-order chi connectivity index (χ1) is 12.2. The van der Waals surface area contributed by atoms with Gasteiger partial charge < -0.3 is 9.30 Å². The predicted molar refractivity (Wildman–Crippen MR) is 102 cm³/mol. The highest BCUT2D eigenvalue weighted by molar-refractivity contribution is 6.35. The van der Waals surface area contributed by atoms with Crippen molar-refractivity contribution in [2.45, 2.75) is 32.4 Å². The van der Waals surface area contributed by atoms with Crippen LogP contribution >= 0.6 is 23.2 Å². The first kappa shape index (κ1) is 17.8. The topological polar surface area (TPSA) is 27.1 Å². The lowest BCUT2D eigenvalue weighted by atomic mass is 9.95. The van der Waals surface area contributed by atoms with Crippen LogP contribution in [0.25, 0.3) is 0 Å². The fraction of sp³-hybridized carbons (Fsp3) is 0.250. The van der Waals surface area contributed by atoms with Gasteiger partial charge in [-0.1, -0.05) is 54.4 Å². The normalized spacial score (nSPS) is 12.1. The highest BCUT2D eigenvalue weighted by Gasteiger charge is 2.15. The number of para-hydroxylation sites is 1.